The van der Waals surface area contributed by atoms with Crippen molar-refractivity contribution in [2.75, 3.05) is 39.3 Å². The van der Waals surface area contributed by atoms with E-state index in [1.165, 1.54) is 18.8 Å². The van der Waals surface area contributed by atoms with E-state index in [2.05, 4.69) is 16.4 Å². The van der Waals surface area contributed by atoms with Gasteiger partial charge in [0.15, 0.2) is 6.29 Å². The number of fused-ring (bicyclic) bond motifs is 3. The number of para-hydroxylation sites is 1. The van der Waals surface area contributed by atoms with E-state index < -0.39 is 48.8 Å². The molecule has 0 radical (unpaired) electrons. The van der Waals surface area contributed by atoms with Gasteiger partial charge >= 0.3 is 6.18 Å². The van der Waals surface area contributed by atoms with E-state index in [0.717, 1.165) is 21.6 Å². The number of nitrogens with one attached hydrogen (secondary N) is 2. The van der Waals surface area contributed by atoms with Gasteiger partial charge in [0.1, 0.15) is 31.0 Å². The van der Waals surface area contributed by atoms with Gasteiger partial charge in [-0.1, -0.05) is 24.3 Å². The first-order chi connectivity index (χ1) is 28.4. The van der Waals surface area contributed by atoms with Crippen LogP contribution in [0.25, 0.3) is 18.8 Å². The minimum absolute atomic E-state index is 0.00469. The molecule has 2 aliphatic rings. The van der Waals surface area contributed by atoms with Crippen LogP contribution in [0.4, 0.5) is 13.2 Å². The number of halogens is 3. The molecule has 1 fully saturated rings. The maximum atomic E-state index is 13.8. The maximum absolute atomic E-state index is 13.8. The highest BCUT2D eigenvalue weighted by molar-refractivity contribution is 7.28. The van der Waals surface area contributed by atoms with Crippen LogP contribution in [0.2, 0.25) is 0 Å². The monoisotopic (exact) mass is 885 g/mol. The number of aliphatic hydroxyl groups is 2. The fourth-order valence-corrected chi connectivity index (χ4v) is 11.4. The van der Waals surface area contributed by atoms with Gasteiger partial charge < -0.3 is 25.6 Å². The van der Waals surface area contributed by atoms with Crippen LogP contribution in [0, 0.1) is 5.92 Å². The zero-order chi connectivity index (χ0) is 41.5. The second-order valence-corrected chi connectivity index (χ2v) is 18.6. The molecule has 6 aromatic rings. The van der Waals surface area contributed by atoms with Crippen LogP contribution in [0.15, 0.2) is 83.8 Å². The normalized spacial score (nSPS) is 19.6. The van der Waals surface area contributed by atoms with Crippen molar-refractivity contribution in [3.8, 4) is 5.75 Å². The van der Waals surface area contributed by atoms with Crippen molar-refractivity contribution in [3.63, 3.8) is 0 Å². The molecule has 1 aromatic carbocycles. The molecule has 5 atom stereocenters. The zero-order valence-electron chi connectivity index (χ0n) is 31.5. The molecular formula is C41H42F3N5O6S4. The SMILES string of the molecule is O=C(N[C@H]1c2ccccc2OC[C@H]1O)[C@H](Cc1cccnc1)C[C@H](O)CN1CCN(Cc2cc3sccc3s2)C[C@H]1C(=O)NCC(F)(F)F.O=Cc1cc2sccc2s1. The Morgan fingerprint density at radius 2 is 1.76 bits per heavy atom. The Morgan fingerprint density at radius 3 is 2.47 bits per heavy atom. The molecule has 2 amide bonds. The molecule has 11 nitrogen and oxygen atoms in total. The van der Waals surface area contributed by atoms with Crippen LogP contribution in [0.3, 0.4) is 0 Å². The molecule has 18 heteroatoms. The highest BCUT2D eigenvalue weighted by Gasteiger charge is 2.38. The molecule has 7 heterocycles. The number of aromatic nitrogens is 1. The summed E-state index contributed by atoms with van der Waals surface area (Å²) >= 11 is 6.51. The molecule has 4 N–H and O–H groups in total. The molecule has 0 saturated carbocycles. The van der Waals surface area contributed by atoms with E-state index in [4.69, 9.17) is 4.74 Å². The lowest BCUT2D eigenvalue weighted by molar-refractivity contribution is -0.143. The molecule has 0 bridgehead atoms. The Balaban J connectivity index is 0.000000457. The summed E-state index contributed by atoms with van der Waals surface area (Å²) in [4.78, 5) is 47.1. The van der Waals surface area contributed by atoms with Gasteiger partial charge in [-0.05, 0) is 65.6 Å². The molecule has 2 aliphatic heterocycles. The maximum Gasteiger partial charge on any atom is 0.405 e. The quantitative estimate of drug-likeness (QED) is 0.0954. The van der Waals surface area contributed by atoms with Crippen LogP contribution < -0.4 is 15.4 Å². The smallest absolute Gasteiger partial charge is 0.405 e. The van der Waals surface area contributed by atoms with Crippen LogP contribution >= 0.6 is 45.3 Å². The van der Waals surface area contributed by atoms with E-state index in [1.54, 1.807) is 93.0 Å². The third kappa shape index (κ3) is 11.3. The summed E-state index contributed by atoms with van der Waals surface area (Å²) in [6, 6.07) is 17.2. The number of ether oxygens (including phenoxy) is 1. The summed E-state index contributed by atoms with van der Waals surface area (Å²) in [6.07, 6.45) is -2.23. The van der Waals surface area contributed by atoms with Crippen molar-refractivity contribution in [2.24, 2.45) is 5.92 Å². The van der Waals surface area contributed by atoms with Crippen LogP contribution in [0.5, 0.6) is 5.75 Å². The summed E-state index contributed by atoms with van der Waals surface area (Å²) in [5.74, 6) is -1.33. The number of β-amino-alcohol motifs (C(OH)–C–C–N with tert-alkyl or cyclic N) is 1. The first kappa shape index (κ1) is 42.8. The number of amides is 2. The van der Waals surface area contributed by atoms with Gasteiger partial charge in [-0.15, -0.1) is 45.3 Å². The number of alkyl halides is 3. The van der Waals surface area contributed by atoms with E-state index in [-0.39, 0.29) is 38.4 Å². The number of rotatable bonds is 13. The molecule has 0 unspecified atom stereocenters. The van der Waals surface area contributed by atoms with Crippen molar-refractivity contribution in [1.29, 1.82) is 0 Å². The van der Waals surface area contributed by atoms with Gasteiger partial charge in [0, 0.05) is 80.3 Å². The summed E-state index contributed by atoms with van der Waals surface area (Å²) in [5.41, 5.74) is 1.41. The summed E-state index contributed by atoms with van der Waals surface area (Å²) < 4.78 is 49.6. The summed E-state index contributed by atoms with van der Waals surface area (Å²) in [7, 11) is 0. The molecule has 5 aromatic heterocycles. The summed E-state index contributed by atoms with van der Waals surface area (Å²) in [5, 5.41) is 31.2. The van der Waals surface area contributed by atoms with Crippen molar-refractivity contribution >= 4 is 82.2 Å². The largest absolute Gasteiger partial charge is 0.490 e. The average molecular weight is 886 g/mol. The second kappa shape index (κ2) is 19.4. The number of benzene rings is 1. The fourth-order valence-electron chi connectivity index (χ4n) is 7.30. The highest BCUT2D eigenvalue weighted by Crippen LogP contribution is 2.34. The predicted molar refractivity (Wildman–Crippen MR) is 225 cm³/mol. The molecule has 1 saturated heterocycles. The molecule has 59 heavy (non-hydrogen) atoms. The molecule has 8 rings (SSSR count). The van der Waals surface area contributed by atoms with Crippen molar-refractivity contribution in [3.05, 3.63) is 105 Å². The zero-order valence-corrected chi connectivity index (χ0v) is 34.8. The van der Waals surface area contributed by atoms with Crippen LogP contribution in [-0.4, -0.2) is 107 Å². The lowest BCUT2D eigenvalue weighted by atomic mass is 9.91. The first-order valence-electron chi connectivity index (χ1n) is 18.9. The topological polar surface area (TPSA) is 144 Å². The van der Waals surface area contributed by atoms with Crippen molar-refractivity contribution < 1.29 is 42.5 Å². The van der Waals surface area contributed by atoms with Gasteiger partial charge in [-0.25, -0.2) is 0 Å². The number of hydrogen-bond acceptors (Lipinski definition) is 13. The fraction of sp³-hybridized carbons (Fsp3) is 0.366. The van der Waals surface area contributed by atoms with E-state index >= 15 is 0 Å². The van der Waals surface area contributed by atoms with Crippen molar-refractivity contribution in [2.45, 2.75) is 49.9 Å². The molecular weight excluding hydrogens is 844 g/mol. The lowest BCUT2D eigenvalue weighted by Crippen LogP contribution is -2.60. The molecule has 312 valence electrons. The number of hydrogen-bond donors (Lipinski definition) is 4. The Morgan fingerprint density at radius 1 is 1.00 bits per heavy atom. The minimum Gasteiger partial charge on any atom is -0.490 e. The Hall–Kier alpha value is -4.27. The number of pyridine rings is 1. The average Bonchev–Trinajstić information content (AvgIpc) is 4.02. The van der Waals surface area contributed by atoms with Crippen LogP contribution in [-0.2, 0) is 22.6 Å². The number of aldehydes is 1. The number of aliphatic hydroxyl groups excluding tert-OH is 2. The number of carbonyl (C=O) groups excluding carboxylic acids is 3. The third-order valence-electron chi connectivity index (χ3n) is 10.1. The van der Waals surface area contributed by atoms with Gasteiger partial charge in [0.2, 0.25) is 11.8 Å². The molecule has 0 aliphatic carbocycles. The summed E-state index contributed by atoms with van der Waals surface area (Å²) in [6.45, 7) is 0.156. The predicted octanol–water partition coefficient (Wildman–Crippen LogP) is 6.52. The number of nitrogens with zero attached hydrogens (tertiary/aromatic N) is 3. The Bertz CT molecular complexity index is 2270. The van der Waals surface area contributed by atoms with Crippen LogP contribution in [0.1, 0.15) is 38.1 Å². The van der Waals surface area contributed by atoms with Gasteiger partial charge in [0.25, 0.3) is 0 Å². The van der Waals surface area contributed by atoms with E-state index in [0.29, 0.717) is 30.9 Å². The van der Waals surface area contributed by atoms with Gasteiger partial charge in [-0.2, -0.15) is 13.2 Å². The minimum atomic E-state index is -4.57. The molecule has 0 spiro atoms. The lowest BCUT2D eigenvalue weighted by Gasteiger charge is -2.41. The van der Waals surface area contributed by atoms with E-state index in [1.807, 2.05) is 45.2 Å². The highest BCUT2D eigenvalue weighted by atomic mass is 32.1. The third-order valence-corrected chi connectivity index (χ3v) is 14.2. The van der Waals surface area contributed by atoms with Crippen molar-refractivity contribution in [1.82, 2.24) is 25.4 Å². The second-order valence-electron chi connectivity index (χ2n) is 14.4. The number of thiophene rings is 4. The van der Waals surface area contributed by atoms with E-state index in [9.17, 15) is 37.8 Å². The number of piperazine rings is 1. The number of carbonyl (C=O) groups is 3. The van der Waals surface area contributed by atoms with Gasteiger partial charge in [0.05, 0.1) is 17.0 Å². The first-order valence-corrected chi connectivity index (χ1v) is 22.3. The Labute approximate surface area is 354 Å². The Kier molecular flexibility index (Phi) is 14.1. The van der Waals surface area contributed by atoms with Gasteiger partial charge in [-0.3, -0.25) is 29.2 Å². The standard InChI is InChI=1S/C34H38F3N5O5S2.C7H4OS2/c35-34(36,37)20-39-33(46)26-18-41(17-24-14-30-29(49-24)7-11-48-30)9-10-42(26)16-23(43)13-22(12-21-4-3-8-38-15-21)32(45)40-31-25-5-1-2-6-28(25)47-19-27(31)44;8-4-5-3-7-6(10-5)1-2-9-7/h1-8,11,14-15,22-23,26-27,31,43-44H,9-10,12-13,16-20H2,(H,39,46)(H,40,45);1-4H/t22-,23+,26+,27-,31+;/m1./s1.